The van der Waals surface area contributed by atoms with E-state index in [4.69, 9.17) is 5.73 Å². The minimum Gasteiger partial charge on any atom is -0.334 e. The summed E-state index contributed by atoms with van der Waals surface area (Å²) < 4.78 is 0. The summed E-state index contributed by atoms with van der Waals surface area (Å²) in [6.07, 6.45) is 7.46. The van der Waals surface area contributed by atoms with Crippen LogP contribution in [0, 0.1) is 0 Å². The van der Waals surface area contributed by atoms with Crippen molar-refractivity contribution in [2.24, 2.45) is 5.73 Å². The Morgan fingerprint density at radius 2 is 2.39 bits per heavy atom. The average Bonchev–Trinajstić information content (AvgIpc) is 3.21. The van der Waals surface area contributed by atoms with Crippen molar-refractivity contribution in [3.8, 4) is 0 Å². The molecular weight excluding hydrogens is 226 g/mol. The molecule has 1 aromatic rings. The van der Waals surface area contributed by atoms with Gasteiger partial charge in [-0.25, -0.2) is 0 Å². The third kappa shape index (κ3) is 3.29. The lowest BCUT2D eigenvalue weighted by molar-refractivity contribution is -0.134. The Morgan fingerprint density at radius 1 is 1.61 bits per heavy atom. The van der Waals surface area contributed by atoms with E-state index in [0.29, 0.717) is 12.6 Å². The standard InChI is InChI=1S/C14H21N3O/c1-2-4-13(15)14(18)17(12-6-7-12)10-11-5-3-8-16-9-11/h3,5,8-9,12-13H,2,4,6-7,10,15H2,1H3. The molecule has 0 bridgehead atoms. The van der Waals surface area contributed by atoms with Crippen LogP contribution < -0.4 is 5.73 Å². The maximum atomic E-state index is 12.3. The van der Waals surface area contributed by atoms with Crippen molar-refractivity contribution in [1.29, 1.82) is 0 Å². The molecule has 4 heteroatoms. The van der Waals surface area contributed by atoms with Crippen LogP contribution in [-0.4, -0.2) is 27.9 Å². The summed E-state index contributed by atoms with van der Waals surface area (Å²) in [6.45, 7) is 2.68. The number of hydrogen-bond donors (Lipinski definition) is 1. The number of pyridine rings is 1. The Morgan fingerprint density at radius 3 is 2.94 bits per heavy atom. The predicted molar refractivity (Wildman–Crippen MR) is 70.7 cm³/mol. The first-order valence-electron chi connectivity index (χ1n) is 6.67. The molecule has 1 atom stereocenters. The zero-order valence-electron chi connectivity index (χ0n) is 10.9. The summed E-state index contributed by atoms with van der Waals surface area (Å²) in [4.78, 5) is 18.3. The van der Waals surface area contributed by atoms with Gasteiger partial charge in [0.25, 0.3) is 0 Å². The molecule has 0 aliphatic heterocycles. The summed E-state index contributed by atoms with van der Waals surface area (Å²) >= 11 is 0. The molecule has 1 unspecified atom stereocenters. The molecule has 1 saturated carbocycles. The third-order valence-corrected chi connectivity index (χ3v) is 3.26. The van der Waals surface area contributed by atoms with Gasteiger partial charge in [-0.15, -0.1) is 0 Å². The van der Waals surface area contributed by atoms with Crippen LogP contribution in [0.4, 0.5) is 0 Å². The van der Waals surface area contributed by atoms with Gasteiger partial charge in [-0.2, -0.15) is 0 Å². The van der Waals surface area contributed by atoms with E-state index in [1.54, 1.807) is 6.20 Å². The highest BCUT2D eigenvalue weighted by Crippen LogP contribution is 2.29. The molecule has 2 rings (SSSR count). The van der Waals surface area contributed by atoms with Gasteiger partial charge in [0.1, 0.15) is 0 Å². The second-order valence-electron chi connectivity index (χ2n) is 4.95. The molecule has 98 valence electrons. The van der Waals surface area contributed by atoms with Crippen LogP contribution in [0.2, 0.25) is 0 Å². The molecule has 1 aromatic heterocycles. The van der Waals surface area contributed by atoms with Crippen molar-refractivity contribution in [2.45, 2.75) is 51.2 Å². The van der Waals surface area contributed by atoms with Crippen LogP contribution in [0.1, 0.15) is 38.2 Å². The van der Waals surface area contributed by atoms with Gasteiger partial charge < -0.3 is 10.6 Å². The molecule has 2 N–H and O–H groups in total. The van der Waals surface area contributed by atoms with Gasteiger partial charge in [-0.3, -0.25) is 9.78 Å². The van der Waals surface area contributed by atoms with E-state index in [9.17, 15) is 4.79 Å². The van der Waals surface area contributed by atoms with Crippen LogP contribution in [-0.2, 0) is 11.3 Å². The van der Waals surface area contributed by atoms with Gasteiger partial charge in [-0.05, 0) is 30.9 Å². The van der Waals surface area contributed by atoms with Crippen molar-refractivity contribution in [2.75, 3.05) is 0 Å². The fourth-order valence-corrected chi connectivity index (χ4v) is 2.11. The van der Waals surface area contributed by atoms with Crippen LogP contribution >= 0.6 is 0 Å². The highest BCUT2D eigenvalue weighted by molar-refractivity contribution is 5.82. The van der Waals surface area contributed by atoms with E-state index < -0.39 is 0 Å². The van der Waals surface area contributed by atoms with Crippen LogP contribution in [0.5, 0.6) is 0 Å². The lowest BCUT2D eigenvalue weighted by atomic mass is 10.1. The van der Waals surface area contributed by atoms with E-state index in [1.807, 2.05) is 23.2 Å². The Kier molecular flexibility index (Phi) is 4.31. The summed E-state index contributed by atoms with van der Waals surface area (Å²) in [6, 6.07) is 3.94. The summed E-state index contributed by atoms with van der Waals surface area (Å²) in [5, 5.41) is 0. The number of amides is 1. The number of hydrogen-bond acceptors (Lipinski definition) is 3. The van der Waals surface area contributed by atoms with Gasteiger partial charge in [-0.1, -0.05) is 19.4 Å². The SMILES string of the molecule is CCCC(N)C(=O)N(Cc1cccnc1)C1CC1. The first-order chi connectivity index (χ1) is 8.72. The molecule has 1 aliphatic carbocycles. The quantitative estimate of drug-likeness (QED) is 0.832. The van der Waals surface area contributed by atoms with Gasteiger partial charge >= 0.3 is 0 Å². The second-order valence-corrected chi connectivity index (χ2v) is 4.95. The molecular formula is C14H21N3O. The normalized spacial score (nSPS) is 16.3. The summed E-state index contributed by atoms with van der Waals surface area (Å²) in [7, 11) is 0. The Bertz CT molecular complexity index is 389. The summed E-state index contributed by atoms with van der Waals surface area (Å²) in [5.74, 6) is 0.0863. The molecule has 4 nitrogen and oxygen atoms in total. The molecule has 0 spiro atoms. The average molecular weight is 247 g/mol. The first-order valence-corrected chi connectivity index (χ1v) is 6.67. The zero-order valence-corrected chi connectivity index (χ0v) is 10.9. The highest BCUT2D eigenvalue weighted by atomic mass is 16.2. The number of carbonyl (C=O) groups is 1. The van der Waals surface area contributed by atoms with Crippen molar-refractivity contribution in [1.82, 2.24) is 9.88 Å². The molecule has 1 fully saturated rings. The second kappa shape index (κ2) is 5.96. The van der Waals surface area contributed by atoms with Gasteiger partial charge in [0.15, 0.2) is 0 Å². The molecule has 18 heavy (non-hydrogen) atoms. The Balaban J connectivity index is 2.02. The van der Waals surface area contributed by atoms with Crippen molar-refractivity contribution < 1.29 is 4.79 Å². The third-order valence-electron chi connectivity index (χ3n) is 3.26. The van der Waals surface area contributed by atoms with Crippen molar-refractivity contribution in [3.63, 3.8) is 0 Å². The van der Waals surface area contributed by atoms with E-state index in [1.165, 1.54) is 0 Å². The van der Waals surface area contributed by atoms with Crippen molar-refractivity contribution >= 4 is 5.91 Å². The van der Waals surface area contributed by atoms with Gasteiger partial charge in [0, 0.05) is 25.0 Å². The molecule has 1 aliphatic rings. The lowest BCUT2D eigenvalue weighted by Gasteiger charge is -2.25. The highest BCUT2D eigenvalue weighted by Gasteiger charge is 2.34. The molecule has 0 aromatic carbocycles. The Labute approximate surface area is 108 Å². The van der Waals surface area contributed by atoms with Crippen LogP contribution in [0.25, 0.3) is 0 Å². The van der Waals surface area contributed by atoms with Crippen LogP contribution in [0.15, 0.2) is 24.5 Å². The smallest absolute Gasteiger partial charge is 0.240 e. The number of rotatable bonds is 6. The molecule has 0 saturated heterocycles. The number of nitrogens with two attached hydrogens (primary N) is 1. The molecule has 1 amide bonds. The number of nitrogens with zero attached hydrogens (tertiary/aromatic N) is 2. The maximum Gasteiger partial charge on any atom is 0.240 e. The number of aromatic nitrogens is 1. The number of carbonyl (C=O) groups excluding carboxylic acids is 1. The largest absolute Gasteiger partial charge is 0.334 e. The van der Waals surface area contributed by atoms with Gasteiger partial charge in [0.05, 0.1) is 6.04 Å². The Hall–Kier alpha value is -1.42. The van der Waals surface area contributed by atoms with E-state index in [2.05, 4.69) is 11.9 Å². The lowest BCUT2D eigenvalue weighted by Crippen LogP contribution is -2.44. The molecule has 0 radical (unpaired) electrons. The van der Waals surface area contributed by atoms with Crippen molar-refractivity contribution in [3.05, 3.63) is 30.1 Å². The maximum absolute atomic E-state index is 12.3. The van der Waals surface area contributed by atoms with E-state index in [-0.39, 0.29) is 11.9 Å². The predicted octanol–water partition coefficient (Wildman–Crippen LogP) is 1.70. The fraction of sp³-hybridized carbons (Fsp3) is 0.571. The monoisotopic (exact) mass is 247 g/mol. The van der Waals surface area contributed by atoms with E-state index >= 15 is 0 Å². The minimum atomic E-state index is -0.354. The van der Waals surface area contributed by atoms with Crippen LogP contribution in [0.3, 0.4) is 0 Å². The summed E-state index contributed by atoms with van der Waals surface area (Å²) in [5.41, 5.74) is 7.01. The fourth-order valence-electron chi connectivity index (χ4n) is 2.11. The zero-order chi connectivity index (χ0) is 13.0. The van der Waals surface area contributed by atoms with Gasteiger partial charge in [0.2, 0.25) is 5.91 Å². The topological polar surface area (TPSA) is 59.2 Å². The first kappa shape index (κ1) is 13.0. The molecule has 1 heterocycles. The van der Waals surface area contributed by atoms with E-state index in [0.717, 1.165) is 31.2 Å². The minimum absolute atomic E-state index is 0.0863.